The fraction of sp³-hybridized carbons (Fsp3) is 1.00. The van der Waals surface area contributed by atoms with E-state index in [4.69, 9.17) is 5.73 Å². The van der Waals surface area contributed by atoms with Crippen LogP contribution < -0.4 is 5.73 Å². The van der Waals surface area contributed by atoms with Crippen LogP contribution in [0.25, 0.3) is 0 Å². The molecule has 0 atom stereocenters. The van der Waals surface area contributed by atoms with Gasteiger partial charge in [-0.2, -0.15) is 0 Å². The largest absolute Gasteiger partial charge is 0.318 e. The molecule has 0 spiro atoms. The molecule has 1 saturated carbocycles. The van der Waals surface area contributed by atoms with Crippen molar-refractivity contribution >= 4 is 0 Å². The normalized spacial score (nSPS) is 21.7. The van der Waals surface area contributed by atoms with Crippen LogP contribution in [-0.2, 0) is 0 Å². The monoisotopic (exact) mass is 128 g/mol. The quantitative estimate of drug-likeness (QED) is 0.557. The van der Waals surface area contributed by atoms with E-state index in [0.717, 1.165) is 6.04 Å². The molecular weight excluding hydrogens is 112 g/mol. The first-order valence-electron chi connectivity index (χ1n) is 3.75. The molecule has 1 aliphatic rings. The lowest BCUT2D eigenvalue weighted by Gasteiger charge is -2.21. The van der Waals surface area contributed by atoms with Crippen molar-refractivity contribution in [2.45, 2.75) is 31.7 Å². The lowest BCUT2D eigenvalue weighted by molar-refractivity contribution is 0.252. The van der Waals surface area contributed by atoms with Crippen LogP contribution in [0.4, 0.5) is 0 Å². The summed E-state index contributed by atoms with van der Waals surface area (Å²) in [5, 5.41) is 0. The van der Waals surface area contributed by atoms with Gasteiger partial charge in [0.25, 0.3) is 0 Å². The molecular formula is C7H16N2. The average molecular weight is 128 g/mol. The van der Waals surface area contributed by atoms with Crippen LogP contribution in [0.3, 0.4) is 0 Å². The lowest BCUT2D eigenvalue weighted by Crippen LogP contribution is -2.34. The number of nitrogens with two attached hydrogens (primary N) is 1. The topological polar surface area (TPSA) is 29.3 Å². The second-order valence-corrected chi connectivity index (χ2v) is 2.88. The summed E-state index contributed by atoms with van der Waals surface area (Å²) in [6, 6.07) is 0.787. The molecule has 54 valence electrons. The van der Waals surface area contributed by atoms with Gasteiger partial charge in [0, 0.05) is 12.7 Å². The van der Waals surface area contributed by atoms with E-state index in [-0.39, 0.29) is 0 Å². The number of nitrogens with zero attached hydrogens (tertiary/aromatic N) is 1. The summed E-state index contributed by atoms with van der Waals surface area (Å²) in [6.07, 6.45) is 5.51. The first kappa shape index (κ1) is 7.03. The molecule has 2 nitrogen and oxygen atoms in total. The standard InChI is InChI=1S/C7H16N2/c1-9(6-8)7-4-2-3-5-7/h7H,2-6,8H2,1H3. The van der Waals surface area contributed by atoms with Gasteiger partial charge in [0.05, 0.1) is 0 Å². The van der Waals surface area contributed by atoms with E-state index in [2.05, 4.69) is 11.9 Å². The van der Waals surface area contributed by atoms with Crippen molar-refractivity contribution in [1.29, 1.82) is 0 Å². The van der Waals surface area contributed by atoms with Crippen LogP contribution in [0.5, 0.6) is 0 Å². The third-order valence-corrected chi connectivity index (χ3v) is 2.24. The van der Waals surface area contributed by atoms with Crippen LogP contribution in [0.1, 0.15) is 25.7 Å². The Morgan fingerprint density at radius 2 is 2.00 bits per heavy atom. The maximum absolute atomic E-state index is 5.48. The number of hydrogen-bond acceptors (Lipinski definition) is 2. The first-order chi connectivity index (χ1) is 4.34. The van der Waals surface area contributed by atoms with Crippen molar-refractivity contribution < 1.29 is 0 Å². The summed E-state index contributed by atoms with van der Waals surface area (Å²) in [5.74, 6) is 0. The van der Waals surface area contributed by atoms with Gasteiger partial charge in [-0.25, -0.2) is 0 Å². The minimum Gasteiger partial charge on any atom is -0.318 e. The number of hydrogen-bond donors (Lipinski definition) is 1. The predicted octanol–water partition coefficient (Wildman–Crippen LogP) is 0.777. The third kappa shape index (κ3) is 1.66. The molecule has 1 fully saturated rings. The Bertz CT molecular complexity index is 77.0. The average Bonchev–Trinajstić information content (AvgIpc) is 2.37. The van der Waals surface area contributed by atoms with Gasteiger partial charge in [0.1, 0.15) is 0 Å². The summed E-state index contributed by atoms with van der Waals surface area (Å²) in [4.78, 5) is 2.24. The van der Waals surface area contributed by atoms with E-state index in [1.54, 1.807) is 0 Å². The minimum atomic E-state index is 0.713. The molecule has 0 saturated heterocycles. The molecule has 2 N–H and O–H groups in total. The zero-order chi connectivity index (χ0) is 6.69. The lowest BCUT2D eigenvalue weighted by atomic mass is 10.2. The Hall–Kier alpha value is -0.0800. The molecule has 0 bridgehead atoms. The predicted molar refractivity (Wildman–Crippen MR) is 39.1 cm³/mol. The third-order valence-electron chi connectivity index (χ3n) is 2.24. The Morgan fingerprint density at radius 3 is 2.44 bits per heavy atom. The zero-order valence-electron chi connectivity index (χ0n) is 6.14. The molecule has 0 aliphatic heterocycles. The van der Waals surface area contributed by atoms with Crippen molar-refractivity contribution in [3.05, 3.63) is 0 Å². The Balaban J connectivity index is 2.24. The Labute approximate surface area is 57.0 Å². The summed E-state index contributed by atoms with van der Waals surface area (Å²) in [6.45, 7) is 0.713. The van der Waals surface area contributed by atoms with Crippen LogP contribution >= 0.6 is 0 Å². The highest BCUT2D eigenvalue weighted by molar-refractivity contribution is 4.73. The van der Waals surface area contributed by atoms with Gasteiger partial charge in [-0.3, -0.25) is 4.90 Å². The Morgan fingerprint density at radius 1 is 1.44 bits per heavy atom. The van der Waals surface area contributed by atoms with Crippen LogP contribution in [-0.4, -0.2) is 24.7 Å². The van der Waals surface area contributed by atoms with E-state index >= 15 is 0 Å². The second kappa shape index (κ2) is 3.18. The van der Waals surface area contributed by atoms with Crippen LogP contribution in [0, 0.1) is 0 Å². The summed E-state index contributed by atoms with van der Waals surface area (Å²) in [7, 11) is 2.11. The molecule has 1 aliphatic carbocycles. The smallest absolute Gasteiger partial charge is 0.0455 e. The Kier molecular flexibility index (Phi) is 2.49. The highest BCUT2D eigenvalue weighted by atomic mass is 15.2. The maximum atomic E-state index is 5.48. The fourth-order valence-electron chi connectivity index (χ4n) is 1.49. The molecule has 0 amide bonds. The number of rotatable bonds is 2. The van der Waals surface area contributed by atoms with Gasteiger partial charge >= 0.3 is 0 Å². The molecule has 0 unspecified atom stereocenters. The molecule has 0 aromatic rings. The van der Waals surface area contributed by atoms with Crippen molar-refractivity contribution in [3.8, 4) is 0 Å². The van der Waals surface area contributed by atoms with Crippen molar-refractivity contribution in [1.82, 2.24) is 4.90 Å². The van der Waals surface area contributed by atoms with Crippen LogP contribution in [0.15, 0.2) is 0 Å². The molecule has 2 heteroatoms. The second-order valence-electron chi connectivity index (χ2n) is 2.88. The highest BCUT2D eigenvalue weighted by Gasteiger charge is 2.17. The van der Waals surface area contributed by atoms with Gasteiger partial charge in [-0.15, -0.1) is 0 Å². The molecule has 1 rings (SSSR count). The molecule has 0 aromatic carbocycles. The van der Waals surface area contributed by atoms with Gasteiger partial charge in [0.2, 0.25) is 0 Å². The highest BCUT2D eigenvalue weighted by Crippen LogP contribution is 2.21. The SMILES string of the molecule is CN(CN)C1CCCC1. The van der Waals surface area contributed by atoms with Gasteiger partial charge in [0.15, 0.2) is 0 Å². The van der Waals surface area contributed by atoms with E-state index in [9.17, 15) is 0 Å². The fourth-order valence-corrected chi connectivity index (χ4v) is 1.49. The molecule has 0 heterocycles. The van der Waals surface area contributed by atoms with E-state index < -0.39 is 0 Å². The maximum Gasteiger partial charge on any atom is 0.0455 e. The zero-order valence-corrected chi connectivity index (χ0v) is 6.14. The van der Waals surface area contributed by atoms with Gasteiger partial charge in [-0.05, 0) is 19.9 Å². The minimum absolute atomic E-state index is 0.713. The van der Waals surface area contributed by atoms with E-state index in [1.807, 2.05) is 0 Å². The summed E-state index contributed by atoms with van der Waals surface area (Å²) < 4.78 is 0. The van der Waals surface area contributed by atoms with Crippen molar-refractivity contribution in [3.63, 3.8) is 0 Å². The van der Waals surface area contributed by atoms with Gasteiger partial charge < -0.3 is 5.73 Å². The molecule has 0 aromatic heterocycles. The summed E-state index contributed by atoms with van der Waals surface area (Å²) >= 11 is 0. The van der Waals surface area contributed by atoms with Crippen LogP contribution in [0.2, 0.25) is 0 Å². The first-order valence-corrected chi connectivity index (χ1v) is 3.75. The van der Waals surface area contributed by atoms with E-state index in [1.165, 1.54) is 25.7 Å². The van der Waals surface area contributed by atoms with Crippen molar-refractivity contribution in [2.24, 2.45) is 5.73 Å². The van der Waals surface area contributed by atoms with E-state index in [0.29, 0.717) is 6.67 Å². The van der Waals surface area contributed by atoms with Gasteiger partial charge in [-0.1, -0.05) is 12.8 Å². The molecule has 0 radical (unpaired) electrons. The summed E-state index contributed by atoms with van der Waals surface area (Å²) in [5.41, 5.74) is 5.48. The molecule has 9 heavy (non-hydrogen) atoms. The van der Waals surface area contributed by atoms with Crippen molar-refractivity contribution in [2.75, 3.05) is 13.7 Å².